The van der Waals surface area contributed by atoms with Gasteiger partial charge in [0, 0.05) is 25.0 Å². The van der Waals surface area contributed by atoms with Crippen LogP contribution in [0.2, 0.25) is 0 Å². The summed E-state index contributed by atoms with van der Waals surface area (Å²) in [6, 6.07) is 14.8. The Morgan fingerprint density at radius 2 is 2.05 bits per heavy atom. The molecule has 1 saturated heterocycles. The van der Waals surface area contributed by atoms with Gasteiger partial charge in [0.1, 0.15) is 6.23 Å². The van der Waals surface area contributed by atoms with Gasteiger partial charge in [-0.1, -0.05) is 49.7 Å². The Balaban J connectivity index is 1.86. The van der Waals surface area contributed by atoms with Gasteiger partial charge in [0.15, 0.2) is 0 Å². The van der Waals surface area contributed by atoms with Crippen molar-refractivity contribution in [2.75, 3.05) is 18.2 Å². The maximum atomic E-state index is 5.99. The van der Waals surface area contributed by atoms with E-state index in [0.29, 0.717) is 0 Å². The number of rotatable bonds is 5. The summed E-state index contributed by atoms with van der Waals surface area (Å²) in [7, 11) is 0. The lowest BCUT2D eigenvalue weighted by atomic mass is 10.1. The van der Waals surface area contributed by atoms with Crippen LogP contribution in [-0.4, -0.2) is 19.4 Å². The number of hydrogen-bond donors (Lipinski definition) is 0. The number of hydrogen-bond acceptors (Lipinski definition) is 2. The minimum Gasteiger partial charge on any atom is -0.357 e. The zero-order valence-corrected chi connectivity index (χ0v) is 12.0. The van der Waals surface area contributed by atoms with Crippen molar-refractivity contribution in [3.8, 4) is 0 Å². The summed E-state index contributed by atoms with van der Waals surface area (Å²) < 4.78 is 5.99. The third kappa shape index (κ3) is 2.65. The predicted octanol–water partition coefficient (Wildman–Crippen LogP) is 3.71. The van der Waals surface area contributed by atoms with Crippen molar-refractivity contribution in [2.24, 2.45) is 0 Å². The van der Waals surface area contributed by atoms with E-state index >= 15 is 0 Å². The fourth-order valence-electron chi connectivity index (χ4n) is 2.65. The van der Waals surface area contributed by atoms with Crippen molar-refractivity contribution in [1.82, 2.24) is 5.43 Å². The van der Waals surface area contributed by atoms with Crippen molar-refractivity contribution >= 4 is 16.5 Å². The lowest BCUT2D eigenvalue weighted by Gasteiger charge is -2.26. The fourth-order valence-corrected chi connectivity index (χ4v) is 2.65. The molecule has 3 heteroatoms. The van der Waals surface area contributed by atoms with Gasteiger partial charge in [0.05, 0.1) is 5.69 Å². The van der Waals surface area contributed by atoms with Gasteiger partial charge in [0.2, 0.25) is 0 Å². The van der Waals surface area contributed by atoms with Crippen molar-refractivity contribution in [3.05, 3.63) is 42.5 Å². The zero-order valence-electron chi connectivity index (χ0n) is 12.0. The summed E-state index contributed by atoms with van der Waals surface area (Å²) in [5.41, 5.74) is 5.78. The summed E-state index contributed by atoms with van der Waals surface area (Å²) >= 11 is 0. The van der Waals surface area contributed by atoms with E-state index in [1.54, 1.807) is 0 Å². The number of unbranched alkanes of at least 4 members (excludes halogenated alkanes) is 1. The normalized spacial score (nSPS) is 18.9. The summed E-state index contributed by atoms with van der Waals surface area (Å²) in [5, 5.41) is 4.56. The largest absolute Gasteiger partial charge is 0.357 e. The topological polar surface area (TPSA) is 26.6 Å². The Morgan fingerprint density at radius 3 is 2.95 bits per heavy atom. The highest BCUT2D eigenvalue weighted by atomic mass is 16.5. The van der Waals surface area contributed by atoms with Crippen LogP contribution < -0.4 is 10.4 Å². The van der Waals surface area contributed by atoms with Gasteiger partial charge < -0.3 is 4.74 Å². The van der Waals surface area contributed by atoms with E-state index in [2.05, 4.69) is 59.8 Å². The minimum atomic E-state index is 0.0901. The SMILES string of the molecule is CCCCOC1CC[N]N1c1cccc2ccccc12. The number of fused-ring (bicyclic) bond motifs is 1. The van der Waals surface area contributed by atoms with Crippen LogP contribution in [0.4, 0.5) is 5.69 Å². The highest BCUT2D eigenvalue weighted by Gasteiger charge is 2.27. The van der Waals surface area contributed by atoms with Gasteiger partial charge in [-0.05, 0) is 17.9 Å². The molecule has 1 aliphatic heterocycles. The van der Waals surface area contributed by atoms with Crippen LogP contribution in [0.3, 0.4) is 0 Å². The molecule has 105 valence electrons. The molecule has 3 rings (SSSR count). The first-order valence-electron chi connectivity index (χ1n) is 7.46. The van der Waals surface area contributed by atoms with Crippen LogP contribution in [0.5, 0.6) is 0 Å². The van der Waals surface area contributed by atoms with E-state index in [9.17, 15) is 0 Å². The maximum absolute atomic E-state index is 5.99. The van der Waals surface area contributed by atoms with E-state index in [1.807, 2.05) is 0 Å². The number of nitrogens with zero attached hydrogens (tertiary/aromatic N) is 2. The zero-order chi connectivity index (χ0) is 13.8. The van der Waals surface area contributed by atoms with Crippen LogP contribution in [0.15, 0.2) is 42.5 Å². The molecule has 0 aliphatic carbocycles. The molecule has 1 atom stereocenters. The molecule has 0 saturated carbocycles. The lowest BCUT2D eigenvalue weighted by molar-refractivity contribution is 0.0571. The van der Waals surface area contributed by atoms with Gasteiger partial charge in [-0.25, -0.2) is 0 Å². The minimum absolute atomic E-state index is 0.0901. The Labute approximate surface area is 120 Å². The molecule has 20 heavy (non-hydrogen) atoms. The molecular formula is C17H21N2O. The first kappa shape index (κ1) is 13.4. The molecule has 3 nitrogen and oxygen atoms in total. The molecule has 1 unspecified atom stereocenters. The van der Waals surface area contributed by atoms with Crippen LogP contribution in [0.25, 0.3) is 10.8 Å². The maximum Gasteiger partial charge on any atom is 0.147 e. The Morgan fingerprint density at radius 1 is 1.20 bits per heavy atom. The van der Waals surface area contributed by atoms with Gasteiger partial charge in [-0.15, -0.1) is 5.43 Å². The van der Waals surface area contributed by atoms with Gasteiger partial charge in [0.25, 0.3) is 0 Å². The molecule has 0 aromatic heterocycles. The van der Waals surface area contributed by atoms with Crippen molar-refractivity contribution in [2.45, 2.75) is 32.4 Å². The van der Waals surface area contributed by atoms with Crippen molar-refractivity contribution in [3.63, 3.8) is 0 Å². The van der Waals surface area contributed by atoms with Crippen LogP contribution in [0, 0.1) is 0 Å². The monoisotopic (exact) mass is 269 g/mol. The molecule has 0 N–H and O–H groups in total. The van der Waals surface area contributed by atoms with Crippen molar-refractivity contribution in [1.29, 1.82) is 0 Å². The molecule has 1 fully saturated rings. The molecule has 0 amide bonds. The Hall–Kier alpha value is -1.58. The number of anilines is 1. The first-order chi connectivity index (χ1) is 9.90. The molecule has 1 radical (unpaired) electrons. The lowest BCUT2D eigenvalue weighted by Crippen LogP contribution is -2.35. The molecule has 0 spiro atoms. The van der Waals surface area contributed by atoms with Crippen LogP contribution >= 0.6 is 0 Å². The van der Waals surface area contributed by atoms with Gasteiger partial charge in [-0.2, -0.15) is 0 Å². The average Bonchev–Trinajstić information content (AvgIpc) is 2.95. The summed E-state index contributed by atoms with van der Waals surface area (Å²) in [5.74, 6) is 0. The second-order valence-corrected chi connectivity index (χ2v) is 5.18. The molecule has 1 aliphatic rings. The van der Waals surface area contributed by atoms with E-state index in [-0.39, 0.29) is 6.23 Å². The molecule has 2 aromatic carbocycles. The van der Waals surface area contributed by atoms with E-state index in [1.165, 1.54) is 10.8 Å². The molecule has 2 aromatic rings. The van der Waals surface area contributed by atoms with Gasteiger partial charge in [-0.3, -0.25) is 5.01 Å². The summed E-state index contributed by atoms with van der Waals surface area (Å²) in [6.45, 7) is 3.85. The Kier molecular flexibility index (Phi) is 4.19. The summed E-state index contributed by atoms with van der Waals surface area (Å²) in [4.78, 5) is 0. The second-order valence-electron chi connectivity index (χ2n) is 5.18. The van der Waals surface area contributed by atoms with Crippen LogP contribution in [-0.2, 0) is 4.74 Å². The number of ether oxygens (including phenoxy) is 1. The highest BCUT2D eigenvalue weighted by Crippen LogP contribution is 2.30. The third-order valence-corrected chi connectivity index (χ3v) is 3.72. The quantitative estimate of drug-likeness (QED) is 0.773. The summed E-state index contributed by atoms with van der Waals surface area (Å²) in [6.07, 6.45) is 3.35. The van der Waals surface area contributed by atoms with Gasteiger partial charge >= 0.3 is 0 Å². The molecule has 0 bridgehead atoms. The Bertz CT molecular complexity index is 564. The van der Waals surface area contributed by atoms with E-state index < -0.39 is 0 Å². The van der Waals surface area contributed by atoms with Crippen molar-refractivity contribution < 1.29 is 4.74 Å². The predicted molar refractivity (Wildman–Crippen MR) is 82.7 cm³/mol. The number of benzene rings is 2. The van der Waals surface area contributed by atoms with E-state index in [0.717, 1.165) is 38.1 Å². The smallest absolute Gasteiger partial charge is 0.147 e. The molecular weight excluding hydrogens is 248 g/mol. The van der Waals surface area contributed by atoms with E-state index in [4.69, 9.17) is 4.74 Å². The fraction of sp³-hybridized carbons (Fsp3) is 0.412. The second kappa shape index (κ2) is 6.25. The van der Waals surface area contributed by atoms with Crippen LogP contribution in [0.1, 0.15) is 26.2 Å². The first-order valence-corrected chi connectivity index (χ1v) is 7.46. The standard InChI is InChI=1S/C17H21N2O/c1-2-3-13-20-17-11-12-18-19(17)16-10-6-8-14-7-4-5-9-15(14)16/h4-10,17H,2-3,11-13H2,1H3. The molecule has 1 heterocycles. The highest BCUT2D eigenvalue weighted by molar-refractivity contribution is 5.94. The third-order valence-electron chi connectivity index (χ3n) is 3.72. The average molecular weight is 269 g/mol.